The highest BCUT2D eigenvalue weighted by Gasteiger charge is 2.27. The Morgan fingerprint density at radius 3 is 2.31 bits per heavy atom. The summed E-state index contributed by atoms with van der Waals surface area (Å²) in [5.41, 5.74) is 0.614. The summed E-state index contributed by atoms with van der Waals surface area (Å²) in [6, 6.07) is 16.5. The highest BCUT2D eigenvalue weighted by molar-refractivity contribution is 7.99. The Labute approximate surface area is 177 Å². The summed E-state index contributed by atoms with van der Waals surface area (Å²) in [6.07, 6.45) is 1.21. The summed E-state index contributed by atoms with van der Waals surface area (Å²) in [6.45, 7) is 2.46. The lowest BCUT2D eigenvalue weighted by Gasteiger charge is -2.31. The molecule has 2 aromatic rings. The molecule has 0 saturated carbocycles. The summed E-state index contributed by atoms with van der Waals surface area (Å²) in [5, 5.41) is 2.84. The first-order valence-corrected chi connectivity index (χ1v) is 12.1. The Kier molecular flexibility index (Phi) is 7.71. The first-order chi connectivity index (χ1) is 13.9. The van der Waals surface area contributed by atoms with Gasteiger partial charge in [-0.1, -0.05) is 18.2 Å². The van der Waals surface area contributed by atoms with E-state index in [4.69, 9.17) is 0 Å². The number of sulfonamides is 1. The standard InChI is InChI=1S/C21H27N3O3S2/c1-23-13-15-24(16-14-23)29(26,27)20-11-9-18(10-12-20)22-21(25)8-5-17-28-19-6-3-2-4-7-19/h2-4,6-7,9-12H,5,8,13-17H2,1H3,(H,22,25). The van der Waals surface area contributed by atoms with Crippen LogP contribution in [-0.4, -0.2) is 62.5 Å². The molecule has 1 aliphatic rings. The molecule has 1 heterocycles. The minimum Gasteiger partial charge on any atom is -0.326 e. The van der Waals surface area contributed by atoms with E-state index in [1.165, 1.54) is 9.20 Å². The molecule has 0 bridgehead atoms. The van der Waals surface area contributed by atoms with E-state index in [-0.39, 0.29) is 10.8 Å². The Morgan fingerprint density at radius 1 is 1.00 bits per heavy atom. The Balaban J connectivity index is 1.46. The maximum atomic E-state index is 12.7. The number of benzene rings is 2. The summed E-state index contributed by atoms with van der Waals surface area (Å²) in [4.78, 5) is 15.7. The van der Waals surface area contributed by atoms with Gasteiger partial charge < -0.3 is 10.2 Å². The molecule has 1 fully saturated rings. The van der Waals surface area contributed by atoms with E-state index >= 15 is 0 Å². The third-order valence-corrected chi connectivity index (χ3v) is 7.81. The van der Waals surface area contributed by atoms with Gasteiger partial charge in [0.1, 0.15) is 0 Å². The van der Waals surface area contributed by atoms with Gasteiger partial charge in [0.15, 0.2) is 0 Å². The van der Waals surface area contributed by atoms with Gasteiger partial charge in [0.25, 0.3) is 0 Å². The van der Waals surface area contributed by atoms with Crippen LogP contribution in [0.5, 0.6) is 0 Å². The molecular weight excluding hydrogens is 406 g/mol. The van der Waals surface area contributed by atoms with Crippen molar-refractivity contribution in [1.29, 1.82) is 0 Å². The lowest BCUT2D eigenvalue weighted by molar-refractivity contribution is -0.116. The average Bonchev–Trinajstić information content (AvgIpc) is 2.73. The maximum absolute atomic E-state index is 12.7. The molecule has 0 radical (unpaired) electrons. The fraction of sp³-hybridized carbons (Fsp3) is 0.381. The number of nitrogens with zero attached hydrogens (tertiary/aromatic N) is 2. The number of thioether (sulfide) groups is 1. The maximum Gasteiger partial charge on any atom is 0.243 e. The van der Waals surface area contributed by atoms with Gasteiger partial charge >= 0.3 is 0 Å². The van der Waals surface area contributed by atoms with Gasteiger partial charge in [-0.05, 0) is 55.6 Å². The lowest BCUT2D eigenvalue weighted by atomic mass is 10.3. The molecule has 6 nitrogen and oxygen atoms in total. The molecule has 0 aromatic heterocycles. The average molecular weight is 434 g/mol. The Bertz CT molecular complexity index is 895. The predicted octanol–water partition coefficient (Wildman–Crippen LogP) is 3.13. The van der Waals surface area contributed by atoms with Crippen LogP contribution < -0.4 is 5.32 Å². The largest absolute Gasteiger partial charge is 0.326 e. The van der Waals surface area contributed by atoms with E-state index in [1.54, 1.807) is 36.0 Å². The van der Waals surface area contributed by atoms with Crippen LogP contribution in [0.25, 0.3) is 0 Å². The molecule has 156 valence electrons. The Morgan fingerprint density at radius 2 is 1.66 bits per heavy atom. The van der Waals surface area contributed by atoms with Crippen LogP contribution in [-0.2, 0) is 14.8 Å². The van der Waals surface area contributed by atoms with Crippen LogP contribution in [0.3, 0.4) is 0 Å². The van der Waals surface area contributed by atoms with Crippen molar-refractivity contribution in [2.75, 3.05) is 44.3 Å². The topological polar surface area (TPSA) is 69.7 Å². The first-order valence-electron chi connectivity index (χ1n) is 9.71. The highest BCUT2D eigenvalue weighted by atomic mass is 32.2. The van der Waals surface area contributed by atoms with Crippen LogP contribution in [0, 0.1) is 0 Å². The zero-order valence-corrected chi connectivity index (χ0v) is 18.2. The molecule has 1 amide bonds. The molecule has 0 aliphatic carbocycles. The normalized spacial score (nSPS) is 15.9. The van der Waals surface area contributed by atoms with Gasteiger partial charge in [-0.2, -0.15) is 4.31 Å². The summed E-state index contributed by atoms with van der Waals surface area (Å²) in [5.74, 6) is 0.813. The van der Waals surface area contributed by atoms with E-state index in [9.17, 15) is 13.2 Å². The number of carbonyl (C=O) groups excluding carboxylic acids is 1. The minimum atomic E-state index is -3.48. The number of amides is 1. The number of piperazine rings is 1. The summed E-state index contributed by atoms with van der Waals surface area (Å²) in [7, 11) is -1.50. The fourth-order valence-corrected chi connectivity index (χ4v) is 5.35. The molecule has 8 heteroatoms. The van der Waals surface area contributed by atoms with E-state index in [2.05, 4.69) is 22.3 Å². The van der Waals surface area contributed by atoms with E-state index < -0.39 is 10.0 Å². The highest BCUT2D eigenvalue weighted by Crippen LogP contribution is 2.21. The quantitative estimate of drug-likeness (QED) is 0.512. The molecular formula is C21H27N3O3S2. The van der Waals surface area contributed by atoms with Crippen molar-refractivity contribution in [2.24, 2.45) is 0 Å². The number of nitrogens with one attached hydrogen (secondary N) is 1. The van der Waals surface area contributed by atoms with Gasteiger partial charge in [0.05, 0.1) is 4.90 Å². The van der Waals surface area contributed by atoms with E-state index in [1.807, 2.05) is 25.2 Å². The molecule has 1 N–H and O–H groups in total. The van der Waals surface area contributed by atoms with Crippen LogP contribution in [0.1, 0.15) is 12.8 Å². The number of rotatable bonds is 8. The second kappa shape index (κ2) is 10.2. The fourth-order valence-electron chi connectivity index (χ4n) is 3.05. The molecule has 0 atom stereocenters. The second-order valence-corrected chi connectivity index (χ2v) is 10.2. The van der Waals surface area contributed by atoms with Crippen LogP contribution in [0.15, 0.2) is 64.4 Å². The van der Waals surface area contributed by atoms with E-state index in [0.29, 0.717) is 25.2 Å². The smallest absolute Gasteiger partial charge is 0.243 e. The molecule has 29 heavy (non-hydrogen) atoms. The number of anilines is 1. The lowest BCUT2D eigenvalue weighted by Crippen LogP contribution is -2.46. The zero-order chi connectivity index (χ0) is 20.7. The molecule has 2 aromatic carbocycles. The van der Waals surface area contributed by atoms with Crippen LogP contribution in [0.2, 0.25) is 0 Å². The van der Waals surface area contributed by atoms with Gasteiger partial charge in [0.2, 0.25) is 15.9 Å². The predicted molar refractivity (Wildman–Crippen MR) is 118 cm³/mol. The summed E-state index contributed by atoms with van der Waals surface area (Å²) < 4.78 is 27.0. The zero-order valence-electron chi connectivity index (χ0n) is 16.6. The number of carbonyl (C=O) groups is 1. The third kappa shape index (κ3) is 6.30. The minimum absolute atomic E-state index is 0.0617. The molecule has 1 aliphatic heterocycles. The van der Waals surface area contributed by atoms with Crippen molar-refractivity contribution in [3.8, 4) is 0 Å². The third-order valence-electron chi connectivity index (χ3n) is 4.80. The van der Waals surface area contributed by atoms with Gasteiger partial charge in [-0.25, -0.2) is 8.42 Å². The van der Waals surface area contributed by atoms with Crippen molar-refractivity contribution in [2.45, 2.75) is 22.6 Å². The summed E-state index contributed by atoms with van der Waals surface area (Å²) >= 11 is 1.73. The molecule has 1 saturated heterocycles. The van der Waals surface area contributed by atoms with Gasteiger partial charge in [0, 0.05) is 43.2 Å². The monoisotopic (exact) mass is 433 g/mol. The SMILES string of the molecule is CN1CCN(S(=O)(=O)c2ccc(NC(=O)CCCSc3ccccc3)cc2)CC1. The Hall–Kier alpha value is -1.87. The number of hydrogen-bond donors (Lipinski definition) is 1. The number of hydrogen-bond acceptors (Lipinski definition) is 5. The van der Waals surface area contributed by atoms with Crippen molar-refractivity contribution in [3.05, 3.63) is 54.6 Å². The second-order valence-electron chi connectivity index (χ2n) is 7.04. The molecule has 0 unspecified atom stereocenters. The molecule has 3 rings (SSSR count). The number of likely N-dealkylation sites (N-methyl/N-ethyl adjacent to an activating group) is 1. The van der Waals surface area contributed by atoms with Crippen LogP contribution in [0.4, 0.5) is 5.69 Å². The van der Waals surface area contributed by atoms with Crippen molar-refractivity contribution in [1.82, 2.24) is 9.21 Å². The molecule has 0 spiro atoms. The van der Waals surface area contributed by atoms with Gasteiger partial charge in [-0.3, -0.25) is 4.79 Å². The van der Waals surface area contributed by atoms with Crippen LogP contribution >= 0.6 is 11.8 Å². The van der Waals surface area contributed by atoms with Crippen molar-refractivity contribution < 1.29 is 13.2 Å². The van der Waals surface area contributed by atoms with Crippen molar-refractivity contribution >= 4 is 33.4 Å². The first kappa shape index (κ1) is 21.8. The van der Waals surface area contributed by atoms with Gasteiger partial charge in [-0.15, -0.1) is 11.8 Å². The van der Waals surface area contributed by atoms with Crippen molar-refractivity contribution in [3.63, 3.8) is 0 Å². The van der Waals surface area contributed by atoms with E-state index in [0.717, 1.165) is 25.3 Å².